The minimum atomic E-state index is -0.671. The summed E-state index contributed by atoms with van der Waals surface area (Å²) in [4.78, 5) is 13.2. The Balaban J connectivity index is 2.46. The second-order valence-electron chi connectivity index (χ2n) is 4.11. The Labute approximate surface area is 106 Å². The van der Waals surface area contributed by atoms with Gasteiger partial charge in [0.25, 0.3) is 0 Å². The van der Waals surface area contributed by atoms with Crippen molar-refractivity contribution in [2.45, 2.75) is 6.10 Å². The average Bonchev–Trinajstić information content (AvgIpc) is 2.72. The van der Waals surface area contributed by atoms with Crippen LogP contribution in [0.25, 0.3) is 6.08 Å². The van der Waals surface area contributed by atoms with Gasteiger partial charge in [-0.3, -0.25) is 9.48 Å². The summed E-state index contributed by atoms with van der Waals surface area (Å²) >= 11 is 0. The molecule has 6 heteroatoms. The summed E-state index contributed by atoms with van der Waals surface area (Å²) in [5.74, 6) is -0.172. The molecule has 0 fully saturated rings. The van der Waals surface area contributed by atoms with Gasteiger partial charge in [0.2, 0.25) is 5.91 Å². The lowest BCUT2D eigenvalue weighted by Crippen LogP contribution is -2.35. The Hall–Kier alpha value is -1.66. The number of nitrogens with zero attached hydrogens (tertiary/aromatic N) is 3. The number of aromatic nitrogens is 2. The van der Waals surface area contributed by atoms with Crippen LogP contribution in [0.1, 0.15) is 5.56 Å². The van der Waals surface area contributed by atoms with E-state index in [0.717, 1.165) is 5.56 Å². The van der Waals surface area contributed by atoms with Crippen molar-refractivity contribution in [2.75, 3.05) is 27.3 Å². The highest BCUT2D eigenvalue weighted by molar-refractivity contribution is 5.91. The second-order valence-corrected chi connectivity index (χ2v) is 4.11. The van der Waals surface area contributed by atoms with Gasteiger partial charge in [0.05, 0.1) is 18.9 Å². The number of aryl methyl sites for hydroxylation is 1. The maximum absolute atomic E-state index is 11.7. The maximum atomic E-state index is 11.7. The van der Waals surface area contributed by atoms with Crippen LogP contribution in [0.2, 0.25) is 0 Å². The van der Waals surface area contributed by atoms with Gasteiger partial charge >= 0.3 is 0 Å². The van der Waals surface area contributed by atoms with Crippen molar-refractivity contribution < 1.29 is 14.6 Å². The molecule has 0 aromatic carbocycles. The van der Waals surface area contributed by atoms with Crippen molar-refractivity contribution in [1.29, 1.82) is 0 Å². The van der Waals surface area contributed by atoms with Gasteiger partial charge < -0.3 is 14.7 Å². The lowest BCUT2D eigenvalue weighted by Gasteiger charge is -2.18. The number of hydrogen-bond donors (Lipinski definition) is 1. The predicted molar refractivity (Wildman–Crippen MR) is 67.8 cm³/mol. The van der Waals surface area contributed by atoms with E-state index in [4.69, 9.17) is 4.74 Å². The third-order valence-electron chi connectivity index (χ3n) is 2.36. The van der Waals surface area contributed by atoms with Crippen molar-refractivity contribution in [1.82, 2.24) is 14.7 Å². The number of amides is 1. The van der Waals surface area contributed by atoms with E-state index in [2.05, 4.69) is 5.10 Å². The van der Waals surface area contributed by atoms with E-state index in [-0.39, 0.29) is 19.1 Å². The molecule has 0 saturated heterocycles. The highest BCUT2D eigenvalue weighted by atomic mass is 16.5. The van der Waals surface area contributed by atoms with E-state index in [0.29, 0.717) is 0 Å². The smallest absolute Gasteiger partial charge is 0.246 e. The van der Waals surface area contributed by atoms with Gasteiger partial charge in [-0.05, 0) is 6.08 Å². The quantitative estimate of drug-likeness (QED) is 0.719. The lowest BCUT2D eigenvalue weighted by atomic mass is 10.3. The molecule has 1 heterocycles. The normalized spacial score (nSPS) is 12.9. The molecule has 1 atom stereocenters. The standard InChI is InChI=1S/C12H19N3O3/c1-14(8-11(16)9-18-3)12(17)5-4-10-6-13-15(2)7-10/h4-7,11,16H,8-9H2,1-3H3/b5-4+. The molecule has 100 valence electrons. The number of rotatable bonds is 6. The molecule has 0 saturated carbocycles. The molecule has 0 spiro atoms. The van der Waals surface area contributed by atoms with Crippen molar-refractivity contribution in [3.8, 4) is 0 Å². The number of hydrogen-bond acceptors (Lipinski definition) is 4. The van der Waals surface area contributed by atoms with Gasteiger partial charge in [0.15, 0.2) is 0 Å². The zero-order valence-electron chi connectivity index (χ0n) is 10.9. The van der Waals surface area contributed by atoms with Crippen LogP contribution in [-0.2, 0) is 16.6 Å². The first kappa shape index (κ1) is 14.4. The summed E-state index contributed by atoms with van der Waals surface area (Å²) in [6.07, 6.45) is 5.95. The molecule has 0 aliphatic carbocycles. The fraction of sp³-hybridized carbons (Fsp3) is 0.500. The van der Waals surface area contributed by atoms with E-state index in [9.17, 15) is 9.90 Å². The van der Waals surface area contributed by atoms with Gasteiger partial charge in [0.1, 0.15) is 0 Å². The van der Waals surface area contributed by atoms with E-state index < -0.39 is 6.10 Å². The van der Waals surface area contributed by atoms with E-state index >= 15 is 0 Å². The van der Waals surface area contributed by atoms with Crippen molar-refractivity contribution in [3.05, 3.63) is 24.0 Å². The molecular formula is C12H19N3O3. The van der Waals surface area contributed by atoms with Crippen molar-refractivity contribution in [3.63, 3.8) is 0 Å². The summed E-state index contributed by atoms with van der Waals surface area (Å²) in [5, 5.41) is 13.5. The number of carbonyl (C=O) groups is 1. The van der Waals surface area contributed by atoms with Crippen LogP contribution < -0.4 is 0 Å². The maximum Gasteiger partial charge on any atom is 0.246 e. The molecular weight excluding hydrogens is 234 g/mol. The van der Waals surface area contributed by atoms with E-state index in [1.54, 1.807) is 24.0 Å². The molecule has 1 amide bonds. The molecule has 1 rings (SSSR count). The number of methoxy groups -OCH3 is 1. The third-order valence-corrected chi connectivity index (χ3v) is 2.36. The molecule has 18 heavy (non-hydrogen) atoms. The fourth-order valence-electron chi connectivity index (χ4n) is 1.47. The zero-order valence-corrected chi connectivity index (χ0v) is 10.9. The van der Waals surface area contributed by atoms with Crippen molar-refractivity contribution >= 4 is 12.0 Å². The third kappa shape index (κ3) is 4.68. The Morgan fingerprint density at radius 2 is 2.44 bits per heavy atom. The molecule has 0 radical (unpaired) electrons. The second kappa shape index (κ2) is 6.93. The van der Waals surface area contributed by atoms with Crippen LogP contribution in [0, 0.1) is 0 Å². The highest BCUT2D eigenvalue weighted by Crippen LogP contribution is 2.00. The summed E-state index contributed by atoms with van der Waals surface area (Å²) in [5.41, 5.74) is 0.858. The first-order chi connectivity index (χ1) is 8.52. The lowest BCUT2D eigenvalue weighted by molar-refractivity contribution is -0.126. The molecule has 0 aliphatic rings. The number of likely N-dealkylation sites (N-methyl/N-ethyl adjacent to an activating group) is 1. The first-order valence-electron chi connectivity index (χ1n) is 5.61. The van der Waals surface area contributed by atoms with Crippen LogP contribution in [0.15, 0.2) is 18.5 Å². The zero-order chi connectivity index (χ0) is 13.5. The molecule has 1 N–H and O–H groups in total. The Morgan fingerprint density at radius 3 is 3.00 bits per heavy atom. The number of aliphatic hydroxyl groups is 1. The van der Waals surface area contributed by atoms with Gasteiger partial charge in [-0.2, -0.15) is 5.10 Å². The first-order valence-corrected chi connectivity index (χ1v) is 5.61. The monoisotopic (exact) mass is 253 g/mol. The minimum Gasteiger partial charge on any atom is -0.389 e. The minimum absolute atomic E-state index is 0.172. The Morgan fingerprint density at radius 1 is 1.72 bits per heavy atom. The van der Waals surface area contributed by atoms with Crippen LogP contribution in [0.5, 0.6) is 0 Å². The molecule has 1 unspecified atom stereocenters. The van der Waals surface area contributed by atoms with Crippen LogP contribution in [0.4, 0.5) is 0 Å². The Kier molecular flexibility index (Phi) is 5.54. The SMILES string of the molecule is COCC(O)CN(C)C(=O)/C=C/c1cnn(C)c1. The van der Waals surface area contributed by atoms with Gasteiger partial charge in [-0.1, -0.05) is 0 Å². The molecule has 1 aromatic rings. The van der Waals surface area contributed by atoms with Crippen LogP contribution in [-0.4, -0.2) is 59.1 Å². The summed E-state index contributed by atoms with van der Waals surface area (Å²) < 4.78 is 6.46. The van der Waals surface area contributed by atoms with Gasteiger partial charge in [-0.15, -0.1) is 0 Å². The number of ether oxygens (including phenoxy) is 1. The van der Waals surface area contributed by atoms with Gasteiger partial charge in [0, 0.05) is 45.6 Å². The Bertz CT molecular complexity index is 414. The fourth-order valence-corrected chi connectivity index (χ4v) is 1.47. The summed E-state index contributed by atoms with van der Waals surface area (Å²) in [6, 6.07) is 0. The van der Waals surface area contributed by atoms with Crippen LogP contribution in [0.3, 0.4) is 0 Å². The molecule has 0 bridgehead atoms. The van der Waals surface area contributed by atoms with E-state index in [1.165, 1.54) is 18.1 Å². The van der Waals surface area contributed by atoms with Crippen LogP contribution >= 0.6 is 0 Å². The summed E-state index contributed by atoms with van der Waals surface area (Å²) in [7, 11) is 4.95. The van der Waals surface area contributed by atoms with Gasteiger partial charge in [-0.25, -0.2) is 0 Å². The number of carbonyl (C=O) groups excluding carboxylic acids is 1. The largest absolute Gasteiger partial charge is 0.389 e. The average molecular weight is 253 g/mol. The molecule has 6 nitrogen and oxygen atoms in total. The van der Waals surface area contributed by atoms with Crippen molar-refractivity contribution in [2.24, 2.45) is 7.05 Å². The topological polar surface area (TPSA) is 67.6 Å². The number of aliphatic hydroxyl groups excluding tert-OH is 1. The van der Waals surface area contributed by atoms with E-state index in [1.807, 2.05) is 13.2 Å². The molecule has 1 aromatic heterocycles. The summed E-state index contributed by atoms with van der Waals surface area (Å²) in [6.45, 7) is 0.452. The molecule has 0 aliphatic heterocycles. The highest BCUT2D eigenvalue weighted by Gasteiger charge is 2.11. The predicted octanol–water partition coefficient (Wildman–Crippen LogP) is -0.101.